The maximum absolute atomic E-state index is 4.44. The van der Waals surface area contributed by atoms with Crippen molar-refractivity contribution in [1.82, 2.24) is 15.1 Å². The maximum atomic E-state index is 4.44. The third kappa shape index (κ3) is 3.00. The van der Waals surface area contributed by atoms with Crippen molar-refractivity contribution in [3.63, 3.8) is 0 Å². The summed E-state index contributed by atoms with van der Waals surface area (Å²) in [5, 5.41) is 8.06. The van der Waals surface area contributed by atoms with Gasteiger partial charge in [0.05, 0.1) is 11.4 Å². The lowest BCUT2D eigenvalue weighted by Crippen LogP contribution is -2.43. The zero-order valence-corrected chi connectivity index (χ0v) is 11.4. The first-order valence-corrected chi connectivity index (χ1v) is 6.57. The Kier molecular flexibility index (Phi) is 3.72. The topological polar surface area (TPSA) is 33.1 Å². The molecule has 4 heteroatoms. The van der Waals surface area contributed by atoms with Crippen LogP contribution in [0.5, 0.6) is 0 Å². The summed E-state index contributed by atoms with van der Waals surface area (Å²) in [5.74, 6) is 0. The first-order valence-electron chi connectivity index (χ1n) is 6.57. The minimum absolute atomic E-state index is 0.602. The number of nitrogens with zero attached hydrogens (tertiary/aromatic N) is 3. The molecule has 0 aromatic carbocycles. The highest BCUT2D eigenvalue weighted by Crippen LogP contribution is 2.20. The van der Waals surface area contributed by atoms with Crippen molar-refractivity contribution in [2.75, 3.05) is 18.0 Å². The van der Waals surface area contributed by atoms with E-state index in [0.717, 1.165) is 18.8 Å². The largest absolute Gasteiger partial charge is 0.369 e. The van der Waals surface area contributed by atoms with Gasteiger partial charge < -0.3 is 10.2 Å². The van der Waals surface area contributed by atoms with Crippen LogP contribution in [-0.4, -0.2) is 35.0 Å². The molecule has 0 spiro atoms. The Balaban J connectivity index is 2.11. The van der Waals surface area contributed by atoms with E-state index < -0.39 is 0 Å². The predicted molar refractivity (Wildman–Crippen MR) is 71.5 cm³/mol. The number of aryl methyl sites for hydroxylation is 2. The van der Waals surface area contributed by atoms with Crippen LogP contribution in [0.25, 0.3) is 0 Å². The van der Waals surface area contributed by atoms with E-state index in [-0.39, 0.29) is 0 Å². The zero-order valence-electron chi connectivity index (χ0n) is 11.4. The quantitative estimate of drug-likeness (QED) is 0.805. The van der Waals surface area contributed by atoms with Crippen molar-refractivity contribution < 1.29 is 0 Å². The fourth-order valence-electron chi connectivity index (χ4n) is 2.60. The first kappa shape index (κ1) is 12.4. The van der Waals surface area contributed by atoms with E-state index in [4.69, 9.17) is 0 Å². The number of hydrogen-bond donors (Lipinski definition) is 1. The standard InChI is InChI=1S/C13H24N4/c1-10-5-7-17(8-6-11(2)14-10)13-9-16(4)15-12(13)3/h9-11,14H,5-8H2,1-4H3. The summed E-state index contributed by atoms with van der Waals surface area (Å²) < 4.78 is 1.91. The molecule has 2 heterocycles. The molecular formula is C13H24N4. The summed E-state index contributed by atoms with van der Waals surface area (Å²) in [6.07, 6.45) is 4.52. The monoisotopic (exact) mass is 236 g/mol. The summed E-state index contributed by atoms with van der Waals surface area (Å²) in [6, 6.07) is 1.20. The number of hydrogen-bond acceptors (Lipinski definition) is 3. The Labute approximate surface area is 104 Å². The predicted octanol–water partition coefficient (Wildman–Crippen LogP) is 1.70. The minimum Gasteiger partial charge on any atom is -0.369 e. The molecule has 0 aliphatic carbocycles. The van der Waals surface area contributed by atoms with Gasteiger partial charge in [0.15, 0.2) is 0 Å². The van der Waals surface area contributed by atoms with Crippen LogP contribution in [0.2, 0.25) is 0 Å². The SMILES string of the molecule is Cc1nn(C)cc1N1CCC(C)NC(C)CC1. The van der Waals surface area contributed by atoms with Crippen molar-refractivity contribution in [1.29, 1.82) is 0 Å². The number of anilines is 1. The summed E-state index contributed by atoms with van der Waals surface area (Å²) >= 11 is 0. The van der Waals surface area contributed by atoms with Gasteiger partial charge in [-0.2, -0.15) is 5.10 Å². The third-order valence-corrected chi connectivity index (χ3v) is 3.56. The molecule has 2 rings (SSSR count). The zero-order chi connectivity index (χ0) is 12.4. The molecule has 17 heavy (non-hydrogen) atoms. The van der Waals surface area contributed by atoms with Crippen LogP contribution in [0.4, 0.5) is 5.69 Å². The normalized spacial score (nSPS) is 26.7. The maximum Gasteiger partial charge on any atom is 0.0827 e. The van der Waals surface area contributed by atoms with Gasteiger partial charge >= 0.3 is 0 Å². The van der Waals surface area contributed by atoms with Crippen LogP contribution in [0.1, 0.15) is 32.4 Å². The Morgan fingerprint density at radius 1 is 1.24 bits per heavy atom. The van der Waals surface area contributed by atoms with Crippen LogP contribution in [0.3, 0.4) is 0 Å². The molecule has 1 aliphatic heterocycles. The third-order valence-electron chi connectivity index (χ3n) is 3.56. The fraction of sp³-hybridized carbons (Fsp3) is 0.769. The molecule has 1 saturated heterocycles. The second kappa shape index (κ2) is 5.08. The van der Waals surface area contributed by atoms with Crippen LogP contribution < -0.4 is 10.2 Å². The van der Waals surface area contributed by atoms with E-state index in [1.807, 2.05) is 11.7 Å². The van der Waals surface area contributed by atoms with E-state index in [9.17, 15) is 0 Å². The average Bonchev–Trinajstić information content (AvgIpc) is 2.55. The number of nitrogens with one attached hydrogen (secondary N) is 1. The Bertz CT molecular complexity index is 359. The van der Waals surface area contributed by atoms with Gasteiger partial charge in [-0.3, -0.25) is 4.68 Å². The average molecular weight is 236 g/mol. The Morgan fingerprint density at radius 3 is 2.29 bits per heavy atom. The molecule has 1 aromatic rings. The Morgan fingerprint density at radius 2 is 1.82 bits per heavy atom. The molecule has 1 N–H and O–H groups in total. The molecular weight excluding hydrogens is 212 g/mol. The second-order valence-electron chi connectivity index (χ2n) is 5.31. The fourth-order valence-corrected chi connectivity index (χ4v) is 2.60. The minimum atomic E-state index is 0.602. The molecule has 1 aromatic heterocycles. The van der Waals surface area contributed by atoms with E-state index in [1.165, 1.54) is 18.5 Å². The van der Waals surface area contributed by atoms with Crippen LogP contribution in [-0.2, 0) is 7.05 Å². The van der Waals surface area contributed by atoms with Crippen LogP contribution in [0, 0.1) is 6.92 Å². The highest BCUT2D eigenvalue weighted by atomic mass is 15.3. The van der Waals surface area contributed by atoms with Crippen LogP contribution >= 0.6 is 0 Å². The molecule has 1 fully saturated rings. The number of rotatable bonds is 1. The molecule has 0 amide bonds. The first-order chi connectivity index (χ1) is 8.06. The van der Waals surface area contributed by atoms with Gasteiger partial charge in [-0.15, -0.1) is 0 Å². The lowest BCUT2D eigenvalue weighted by atomic mass is 10.1. The molecule has 4 nitrogen and oxygen atoms in total. The molecule has 0 bridgehead atoms. The van der Waals surface area contributed by atoms with Gasteiger partial charge in [0, 0.05) is 38.4 Å². The molecule has 2 atom stereocenters. The number of aromatic nitrogens is 2. The van der Waals surface area contributed by atoms with Crippen molar-refractivity contribution in [3.8, 4) is 0 Å². The van der Waals surface area contributed by atoms with Gasteiger partial charge in [-0.1, -0.05) is 0 Å². The molecule has 1 aliphatic rings. The lowest BCUT2D eigenvalue weighted by molar-refractivity contribution is 0.404. The van der Waals surface area contributed by atoms with Gasteiger partial charge in [0.25, 0.3) is 0 Å². The molecule has 0 saturated carbocycles. The van der Waals surface area contributed by atoms with E-state index >= 15 is 0 Å². The smallest absolute Gasteiger partial charge is 0.0827 e. The van der Waals surface area contributed by atoms with Gasteiger partial charge in [-0.05, 0) is 33.6 Å². The summed E-state index contributed by atoms with van der Waals surface area (Å²) in [7, 11) is 1.99. The molecule has 2 unspecified atom stereocenters. The van der Waals surface area contributed by atoms with E-state index in [0.29, 0.717) is 12.1 Å². The van der Waals surface area contributed by atoms with Crippen LogP contribution in [0.15, 0.2) is 6.20 Å². The van der Waals surface area contributed by atoms with E-state index in [2.05, 4.69) is 42.3 Å². The second-order valence-corrected chi connectivity index (χ2v) is 5.31. The summed E-state index contributed by atoms with van der Waals surface area (Å²) in [4.78, 5) is 2.48. The Hall–Kier alpha value is -1.03. The van der Waals surface area contributed by atoms with Crippen molar-refractivity contribution in [3.05, 3.63) is 11.9 Å². The molecule has 0 radical (unpaired) electrons. The van der Waals surface area contributed by atoms with Gasteiger partial charge in [0.2, 0.25) is 0 Å². The van der Waals surface area contributed by atoms with Crippen molar-refractivity contribution in [2.45, 2.75) is 45.7 Å². The van der Waals surface area contributed by atoms with Gasteiger partial charge in [-0.25, -0.2) is 0 Å². The van der Waals surface area contributed by atoms with E-state index in [1.54, 1.807) is 0 Å². The lowest BCUT2D eigenvalue weighted by Gasteiger charge is -2.31. The van der Waals surface area contributed by atoms with Crippen molar-refractivity contribution >= 4 is 5.69 Å². The van der Waals surface area contributed by atoms with Gasteiger partial charge in [0.1, 0.15) is 0 Å². The summed E-state index contributed by atoms with van der Waals surface area (Å²) in [6.45, 7) is 8.88. The summed E-state index contributed by atoms with van der Waals surface area (Å²) in [5.41, 5.74) is 2.44. The molecule has 96 valence electrons. The highest BCUT2D eigenvalue weighted by molar-refractivity contribution is 5.48. The van der Waals surface area contributed by atoms with Crippen molar-refractivity contribution in [2.24, 2.45) is 7.05 Å². The highest BCUT2D eigenvalue weighted by Gasteiger charge is 2.18.